The van der Waals surface area contributed by atoms with Crippen molar-refractivity contribution in [2.24, 2.45) is 0 Å². The van der Waals surface area contributed by atoms with Gasteiger partial charge in [-0.25, -0.2) is 12.8 Å². The molecule has 0 aliphatic heterocycles. The SMILES string of the molecule is CC(C)NC(=O)CN(C)S(=O)(=O)c1ccc(F)c(C#N)c1. The van der Waals surface area contributed by atoms with Crippen molar-refractivity contribution < 1.29 is 17.6 Å². The average Bonchev–Trinajstić information content (AvgIpc) is 2.37. The van der Waals surface area contributed by atoms with Gasteiger partial charge >= 0.3 is 0 Å². The highest BCUT2D eigenvalue weighted by Gasteiger charge is 2.24. The largest absolute Gasteiger partial charge is 0.353 e. The Morgan fingerprint density at radius 2 is 2.10 bits per heavy atom. The second-order valence-corrected chi connectivity index (χ2v) is 6.78. The van der Waals surface area contributed by atoms with E-state index in [1.165, 1.54) is 7.05 Å². The van der Waals surface area contributed by atoms with E-state index in [0.29, 0.717) is 0 Å². The number of hydrogen-bond donors (Lipinski definition) is 1. The summed E-state index contributed by atoms with van der Waals surface area (Å²) in [5.74, 6) is -1.24. The molecule has 0 aliphatic carbocycles. The van der Waals surface area contributed by atoms with Gasteiger partial charge < -0.3 is 5.32 Å². The molecule has 0 saturated heterocycles. The van der Waals surface area contributed by atoms with Crippen LogP contribution in [0.25, 0.3) is 0 Å². The first kappa shape index (κ1) is 17.1. The number of carbonyl (C=O) groups excluding carboxylic acids is 1. The van der Waals surface area contributed by atoms with Crippen LogP contribution in [0.15, 0.2) is 23.1 Å². The minimum Gasteiger partial charge on any atom is -0.353 e. The Morgan fingerprint density at radius 3 is 2.62 bits per heavy atom. The molecule has 114 valence electrons. The highest BCUT2D eigenvalue weighted by molar-refractivity contribution is 7.89. The molecule has 0 radical (unpaired) electrons. The van der Waals surface area contributed by atoms with Gasteiger partial charge in [0.25, 0.3) is 0 Å². The molecule has 0 unspecified atom stereocenters. The molecule has 0 atom stereocenters. The van der Waals surface area contributed by atoms with Crippen molar-refractivity contribution in [1.29, 1.82) is 5.26 Å². The normalized spacial score (nSPS) is 11.5. The van der Waals surface area contributed by atoms with E-state index in [9.17, 15) is 17.6 Å². The lowest BCUT2D eigenvalue weighted by atomic mass is 10.2. The zero-order valence-electron chi connectivity index (χ0n) is 11.9. The van der Waals surface area contributed by atoms with E-state index in [1.54, 1.807) is 19.9 Å². The average molecular weight is 313 g/mol. The molecule has 0 heterocycles. The number of likely N-dealkylation sites (N-methyl/N-ethyl adjacent to an activating group) is 1. The van der Waals surface area contributed by atoms with Crippen molar-refractivity contribution in [3.63, 3.8) is 0 Å². The molecule has 1 aromatic carbocycles. The smallest absolute Gasteiger partial charge is 0.243 e. The van der Waals surface area contributed by atoms with Gasteiger partial charge in [-0.2, -0.15) is 9.57 Å². The van der Waals surface area contributed by atoms with E-state index < -0.39 is 21.7 Å². The van der Waals surface area contributed by atoms with E-state index in [2.05, 4.69) is 5.32 Å². The number of amides is 1. The molecular formula is C13H16FN3O3S. The summed E-state index contributed by atoms with van der Waals surface area (Å²) >= 11 is 0. The molecule has 0 saturated carbocycles. The Labute approximate surface area is 123 Å². The fourth-order valence-corrected chi connectivity index (χ4v) is 2.74. The van der Waals surface area contributed by atoms with Crippen LogP contribution < -0.4 is 5.32 Å². The van der Waals surface area contributed by atoms with E-state index in [0.717, 1.165) is 22.5 Å². The molecule has 0 aromatic heterocycles. The maximum absolute atomic E-state index is 13.2. The highest BCUT2D eigenvalue weighted by Crippen LogP contribution is 2.17. The van der Waals surface area contributed by atoms with E-state index >= 15 is 0 Å². The lowest BCUT2D eigenvalue weighted by Crippen LogP contribution is -2.40. The molecule has 1 rings (SSSR count). The fraction of sp³-hybridized carbons (Fsp3) is 0.385. The molecule has 0 spiro atoms. The van der Waals surface area contributed by atoms with Crippen LogP contribution in [0.4, 0.5) is 4.39 Å². The topological polar surface area (TPSA) is 90.3 Å². The minimum absolute atomic E-state index is 0.107. The van der Waals surface area contributed by atoms with Gasteiger partial charge in [0.1, 0.15) is 11.9 Å². The summed E-state index contributed by atoms with van der Waals surface area (Å²) < 4.78 is 38.6. The Bertz CT molecular complexity index is 680. The predicted molar refractivity (Wildman–Crippen MR) is 74.2 cm³/mol. The molecule has 8 heteroatoms. The van der Waals surface area contributed by atoms with Gasteiger partial charge in [-0.1, -0.05) is 0 Å². The summed E-state index contributed by atoms with van der Waals surface area (Å²) in [6, 6.07) is 4.38. The van der Waals surface area contributed by atoms with E-state index in [4.69, 9.17) is 5.26 Å². The number of rotatable bonds is 5. The second-order valence-electron chi connectivity index (χ2n) is 4.74. The Hall–Kier alpha value is -1.98. The van der Waals surface area contributed by atoms with Crippen LogP contribution in [-0.2, 0) is 14.8 Å². The van der Waals surface area contributed by atoms with Crippen LogP contribution in [0.3, 0.4) is 0 Å². The third kappa shape index (κ3) is 4.24. The molecule has 1 amide bonds. The van der Waals surface area contributed by atoms with Gasteiger partial charge in [0, 0.05) is 13.1 Å². The number of hydrogen-bond acceptors (Lipinski definition) is 4. The van der Waals surface area contributed by atoms with Crippen LogP contribution in [0.5, 0.6) is 0 Å². The Morgan fingerprint density at radius 1 is 1.48 bits per heavy atom. The maximum atomic E-state index is 13.2. The first-order chi connectivity index (χ1) is 9.68. The van der Waals surface area contributed by atoms with Gasteiger partial charge in [-0.3, -0.25) is 4.79 Å². The van der Waals surface area contributed by atoms with Crippen LogP contribution in [0.1, 0.15) is 19.4 Å². The molecule has 1 aromatic rings. The Balaban J connectivity index is 3.00. The molecule has 0 fully saturated rings. The maximum Gasteiger partial charge on any atom is 0.243 e. The quantitative estimate of drug-likeness (QED) is 0.872. The lowest BCUT2D eigenvalue weighted by Gasteiger charge is -2.18. The van der Waals surface area contributed by atoms with Gasteiger partial charge in [0.05, 0.1) is 17.0 Å². The summed E-state index contributed by atoms with van der Waals surface area (Å²) in [5.41, 5.74) is -0.365. The highest BCUT2D eigenvalue weighted by atomic mass is 32.2. The molecular weight excluding hydrogens is 297 g/mol. The van der Waals surface area contributed by atoms with Crippen LogP contribution >= 0.6 is 0 Å². The van der Waals surface area contributed by atoms with Gasteiger partial charge in [0.15, 0.2) is 0 Å². The predicted octanol–water partition coefficient (Wildman–Crippen LogP) is 0.842. The van der Waals surface area contributed by atoms with Gasteiger partial charge in [-0.15, -0.1) is 0 Å². The van der Waals surface area contributed by atoms with Gasteiger partial charge in [0.2, 0.25) is 15.9 Å². The number of nitrogens with one attached hydrogen (secondary N) is 1. The van der Waals surface area contributed by atoms with Crippen molar-refractivity contribution >= 4 is 15.9 Å². The van der Waals surface area contributed by atoms with Crippen molar-refractivity contribution in [3.8, 4) is 6.07 Å². The second kappa shape index (κ2) is 6.65. The third-order valence-electron chi connectivity index (χ3n) is 2.58. The van der Waals surface area contributed by atoms with Crippen molar-refractivity contribution in [1.82, 2.24) is 9.62 Å². The van der Waals surface area contributed by atoms with Crippen molar-refractivity contribution in [3.05, 3.63) is 29.6 Å². The van der Waals surface area contributed by atoms with Crippen LogP contribution in [0.2, 0.25) is 0 Å². The van der Waals surface area contributed by atoms with E-state index in [1.807, 2.05) is 0 Å². The summed E-state index contributed by atoms with van der Waals surface area (Å²) in [7, 11) is -2.72. The molecule has 1 N–H and O–H groups in total. The number of benzene rings is 1. The van der Waals surface area contributed by atoms with E-state index in [-0.39, 0.29) is 23.0 Å². The minimum atomic E-state index is -3.96. The van der Waals surface area contributed by atoms with Crippen molar-refractivity contribution in [2.75, 3.05) is 13.6 Å². The molecule has 0 bridgehead atoms. The van der Waals surface area contributed by atoms with Crippen LogP contribution in [0, 0.1) is 17.1 Å². The summed E-state index contributed by atoms with van der Waals surface area (Å²) in [6.45, 7) is 3.15. The number of carbonyl (C=O) groups is 1. The summed E-state index contributed by atoms with van der Waals surface area (Å²) in [5, 5.41) is 11.3. The monoisotopic (exact) mass is 313 g/mol. The zero-order chi connectivity index (χ0) is 16.2. The lowest BCUT2D eigenvalue weighted by molar-refractivity contribution is -0.121. The standard InChI is InChI=1S/C13H16FN3O3S/c1-9(2)16-13(18)8-17(3)21(19,20)11-4-5-12(14)10(6-11)7-15/h4-6,9H,8H2,1-3H3,(H,16,18). The number of nitrogens with zero attached hydrogens (tertiary/aromatic N) is 2. The Kier molecular flexibility index (Phi) is 5.41. The molecule has 6 nitrogen and oxygen atoms in total. The number of sulfonamides is 1. The first-order valence-electron chi connectivity index (χ1n) is 6.14. The molecule has 21 heavy (non-hydrogen) atoms. The fourth-order valence-electron chi connectivity index (χ4n) is 1.59. The summed E-state index contributed by atoms with van der Waals surface area (Å²) in [6.07, 6.45) is 0. The number of nitriles is 1. The van der Waals surface area contributed by atoms with Crippen LogP contribution in [-0.4, -0.2) is 38.3 Å². The van der Waals surface area contributed by atoms with Gasteiger partial charge in [-0.05, 0) is 32.0 Å². The molecule has 0 aliphatic rings. The third-order valence-corrected chi connectivity index (χ3v) is 4.38. The van der Waals surface area contributed by atoms with Crippen molar-refractivity contribution in [2.45, 2.75) is 24.8 Å². The number of halogens is 1. The zero-order valence-corrected chi connectivity index (χ0v) is 12.7. The first-order valence-corrected chi connectivity index (χ1v) is 7.58. The summed E-state index contributed by atoms with van der Waals surface area (Å²) in [4.78, 5) is 11.4.